The van der Waals surface area contributed by atoms with Crippen molar-refractivity contribution in [3.05, 3.63) is 35.1 Å². The summed E-state index contributed by atoms with van der Waals surface area (Å²) >= 11 is 0. The monoisotopic (exact) mass is 287 g/mol. The summed E-state index contributed by atoms with van der Waals surface area (Å²) in [6.07, 6.45) is 2.49. The van der Waals surface area contributed by atoms with Gasteiger partial charge in [-0.05, 0) is 32.0 Å². The number of carboxylic acids is 1. The Bertz CT molecular complexity index is 501. The molecule has 0 aromatic heterocycles. The van der Waals surface area contributed by atoms with Gasteiger partial charge in [0.05, 0.1) is 6.42 Å². The molecule has 6 heteroatoms. The largest absolute Gasteiger partial charge is 0.481 e. The van der Waals surface area contributed by atoms with Gasteiger partial charge in [0, 0.05) is 17.7 Å². The van der Waals surface area contributed by atoms with Crippen LogP contribution in [0.1, 0.15) is 37.3 Å². The Hall–Kier alpha value is -1.56. The van der Waals surface area contributed by atoms with Crippen LogP contribution in [0.5, 0.6) is 0 Å². The maximum Gasteiger partial charge on any atom is 0.305 e. The van der Waals surface area contributed by atoms with Gasteiger partial charge in [0.2, 0.25) is 0 Å². The van der Waals surface area contributed by atoms with Crippen molar-refractivity contribution in [3.8, 4) is 0 Å². The number of piperidine rings is 1. The van der Waals surface area contributed by atoms with Crippen molar-refractivity contribution in [2.24, 2.45) is 0 Å². The third-order valence-electron chi connectivity index (χ3n) is 3.60. The van der Waals surface area contributed by atoms with Crippen LogP contribution in [0.15, 0.2) is 12.1 Å². The number of hydrogen-bond donors (Lipinski definition) is 1. The van der Waals surface area contributed by atoms with Gasteiger partial charge in [-0.1, -0.05) is 6.42 Å². The molecule has 1 fully saturated rings. The second-order valence-corrected chi connectivity index (χ2v) is 5.00. The van der Waals surface area contributed by atoms with E-state index in [2.05, 4.69) is 0 Å². The van der Waals surface area contributed by atoms with E-state index in [1.165, 1.54) is 0 Å². The fourth-order valence-corrected chi connectivity index (χ4v) is 2.62. The highest BCUT2D eigenvalue weighted by Crippen LogP contribution is 2.30. The SMILES string of the molecule is O=C(O)CC(c1cc(F)c(F)cc1F)N1CCCCC1. The minimum atomic E-state index is -1.26. The molecular formula is C14H16F3NO2. The van der Waals surface area contributed by atoms with Crippen molar-refractivity contribution in [1.82, 2.24) is 4.90 Å². The van der Waals surface area contributed by atoms with E-state index in [4.69, 9.17) is 5.11 Å². The summed E-state index contributed by atoms with van der Waals surface area (Å²) < 4.78 is 40.2. The molecule has 0 radical (unpaired) electrons. The Morgan fingerprint density at radius 1 is 1.10 bits per heavy atom. The average Bonchev–Trinajstić information content (AvgIpc) is 2.41. The maximum absolute atomic E-state index is 13.9. The minimum Gasteiger partial charge on any atom is -0.481 e. The van der Waals surface area contributed by atoms with E-state index in [-0.39, 0.29) is 12.0 Å². The highest BCUT2D eigenvalue weighted by Gasteiger charge is 2.28. The highest BCUT2D eigenvalue weighted by molar-refractivity contribution is 5.68. The van der Waals surface area contributed by atoms with Gasteiger partial charge in [0.25, 0.3) is 0 Å². The first kappa shape index (κ1) is 14.8. The lowest BCUT2D eigenvalue weighted by molar-refractivity contribution is -0.138. The predicted molar refractivity (Wildman–Crippen MR) is 66.7 cm³/mol. The Balaban J connectivity index is 2.34. The average molecular weight is 287 g/mol. The van der Waals surface area contributed by atoms with Crippen LogP contribution in [0, 0.1) is 17.5 Å². The van der Waals surface area contributed by atoms with E-state index in [0.717, 1.165) is 25.3 Å². The molecular weight excluding hydrogens is 271 g/mol. The van der Waals surface area contributed by atoms with Crippen LogP contribution in [0.2, 0.25) is 0 Å². The van der Waals surface area contributed by atoms with Gasteiger partial charge >= 0.3 is 5.97 Å². The fraction of sp³-hybridized carbons (Fsp3) is 0.500. The Labute approximate surface area is 115 Å². The molecule has 1 aromatic rings. The Morgan fingerprint density at radius 2 is 1.70 bits per heavy atom. The van der Waals surface area contributed by atoms with Crippen molar-refractivity contribution in [2.75, 3.05) is 13.1 Å². The topological polar surface area (TPSA) is 40.5 Å². The minimum absolute atomic E-state index is 0.0896. The molecule has 1 aliphatic rings. The molecule has 20 heavy (non-hydrogen) atoms. The number of halogens is 3. The van der Waals surface area contributed by atoms with Gasteiger partial charge in [-0.3, -0.25) is 9.69 Å². The number of likely N-dealkylation sites (tertiary alicyclic amines) is 1. The summed E-state index contributed by atoms with van der Waals surface area (Å²) in [7, 11) is 0. The first-order chi connectivity index (χ1) is 9.49. The zero-order chi connectivity index (χ0) is 14.7. The molecule has 0 saturated carbocycles. The third-order valence-corrected chi connectivity index (χ3v) is 3.60. The second-order valence-electron chi connectivity index (χ2n) is 5.00. The molecule has 0 spiro atoms. The quantitative estimate of drug-likeness (QED) is 0.865. The van der Waals surface area contributed by atoms with Crippen molar-refractivity contribution in [1.29, 1.82) is 0 Å². The molecule has 110 valence electrons. The first-order valence-corrected chi connectivity index (χ1v) is 6.59. The third kappa shape index (κ3) is 3.30. The summed E-state index contributed by atoms with van der Waals surface area (Å²) in [4.78, 5) is 12.8. The lowest BCUT2D eigenvalue weighted by Gasteiger charge is -2.34. The lowest BCUT2D eigenvalue weighted by Crippen LogP contribution is -2.35. The molecule has 3 nitrogen and oxygen atoms in total. The number of rotatable bonds is 4. The van der Waals surface area contributed by atoms with Crippen molar-refractivity contribution >= 4 is 5.97 Å². The Kier molecular flexibility index (Phi) is 4.65. The van der Waals surface area contributed by atoms with Gasteiger partial charge in [-0.2, -0.15) is 0 Å². The number of aliphatic carboxylic acids is 1. The number of nitrogens with zero attached hydrogens (tertiary/aromatic N) is 1. The van der Waals surface area contributed by atoms with Gasteiger partial charge in [0.1, 0.15) is 5.82 Å². The van der Waals surface area contributed by atoms with Crippen LogP contribution in [-0.2, 0) is 4.79 Å². The zero-order valence-electron chi connectivity index (χ0n) is 10.9. The number of carboxylic acid groups (broad SMARTS) is 1. The molecule has 2 rings (SSSR count). The molecule has 1 atom stereocenters. The molecule has 1 unspecified atom stereocenters. The van der Waals surface area contributed by atoms with Crippen molar-refractivity contribution < 1.29 is 23.1 Å². The number of benzene rings is 1. The fourth-order valence-electron chi connectivity index (χ4n) is 2.62. The summed E-state index contributed by atoms with van der Waals surface area (Å²) in [5.41, 5.74) is -0.0896. The van der Waals surface area contributed by atoms with Gasteiger partial charge in [0.15, 0.2) is 11.6 Å². The van der Waals surface area contributed by atoms with Gasteiger partial charge in [-0.15, -0.1) is 0 Å². The Morgan fingerprint density at radius 3 is 2.30 bits per heavy atom. The molecule has 0 bridgehead atoms. The van der Waals surface area contributed by atoms with Crippen LogP contribution in [0.3, 0.4) is 0 Å². The van der Waals surface area contributed by atoms with E-state index < -0.39 is 29.5 Å². The summed E-state index contributed by atoms with van der Waals surface area (Å²) in [5, 5.41) is 8.97. The smallest absolute Gasteiger partial charge is 0.305 e. The number of hydrogen-bond acceptors (Lipinski definition) is 2. The van der Waals surface area contributed by atoms with Crippen LogP contribution in [0.25, 0.3) is 0 Å². The van der Waals surface area contributed by atoms with Crippen molar-refractivity contribution in [2.45, 2.75) is 31.7 Å². The summed E-state index contributed by atoms with van der Waals surface area (Å²) in [5.74, 6) is -4.42. The van der Waals surface area contributed by atoms with Gasteiger partial charge < -0.3 is 5.11 Å². The second kappa shape index (κ2) is 6.26. The van der Waals surface area contributed by atoms with E-state index in [1.807, 2.05) is 4.90 Å². The van der Waals surface area contributed by atoms with Crippen LogP contribution < -0.4 is 0 Å². The predicted octanol–water partition coefficient (Wildman–Crippen LogP) is 3.11. The molecule has 0 aliphatic carbocycles. The lowest BCUT2D eigenvalue weighted by atomic mass is 9.98. The molecule has 0 amide bonds. The van der Waals surface area contributed by atoms with Crippen LogP contribution >= 0.6 is 0 Å². The van der Waals surface area contributed by atoms with Crippen molar-refractivity contribution in [3.63, 3.8) is 0 Å². The molecule has 1 N–H and O–H groups in total. The standard InChI is InChI=1S/C14H16F3NO2/c15-10-7-12(17)11(16)6-9(10)13(8-14(19)20)18-4-2-1-3-5-18/h6-7,13H,1-5,8H2,(H,19,20). The zero-order valence-corrected chi connectivity index (χ0v) is 10.9. The molecule has 1 aromatic carbocycles. The number of carbonyl (C=O) groups is 1. The van der Waals surface area contributed by atoms with E-state index in [0.29, 0.717) is 19.2 Å². The molecule has 1 aliphatic heterocycles. The molecule has 1 saturated heterocycles. The molecule has 1 heterocycles. The first-order valence-electron chi connectivity index (χ1n) is 6.59. The van der Waals surface area contributed by atoms with Crippen LogP contribution in [-0.4, -0.2) is 29.1 Å². The normalized spacial score (nSPS) is 17.9. The van der Waals surface area contributed by atoms with E-state index in [1.54, 1.807) is 0 Å². The highest BCUT2D eigenvalue weighted by atomic mass is 19.2. The van der Waals surface area contributed by atoms with E-state index in [9.17, 15) is 18.0 Å². The van der Waals surface area contributed by atoms with Crippen LogP contribution in [0.4, 0.5) is 13.2 Å². The van der Waals surface area contributed by atoms with E-state index >= 15 is 0 Å². The van der Waals surface area contributed by atoms with Gasteiger partial charge in [-0.25, -0.2) is 13.2 Å². The summed E-state index contributed by atoms with van der Waals surface area (Å²) in [6.45, 7) is 1.27. The summed E-state index contributed by atoms with van der Waals surface area (Å²) in [6, 6.07) is 0.485. The maximum atomic E-state index is 13.9.